The van der Waals surface area contributed by atoms with E-state index in [2.05, 4.69) is 35.6 Å². The number of sulfonamides is 1. The second kappa shape index (κ2) is 8.74. The fourth-order valence-electron chi connectivity index (χ4n) is 4.01. The van der Waals surface area contributed by atoms with Crippen LogP contribution >= 0.6 is 11.6 Å². The molecule has 3 atom stereocenters. The predicted molar refractivity (Wildman–Crippen MR) is 110 cm³/mol. The van der Waals surface area contributed by atoms with Gasteiger partial charge < -0.3 is 0 Å². The summed E-state index contributed by atoms with van der Waals surface area (Å²) in [5.41, 5.74) is 1.14. The van der Waals surface area contributed by atoms with Crippen molar-refractivity contribution < 1.29 is 8.42 Å². The van der Waals surface area contributed by atoms with Crippen molar-refractivity contribution in [3.8, 4) is 0 Å². The number of nitrogens with one attached hydrogen (secondary N) is 1. The molecule has 1 heterocycles. The van der Waals surface area contributed by atoms with Gasteiger partial charge >= 0.3 is 0 Å². The minimum Gasteiger partial charge on any atom is -0.290 e. The van der Waals surface area contributed by atoms with Crippen molar-refractivity contribution >= 4 is 21.6 Å². The summed E-state index contributed by atoms with van der Waals surface area (Å²) in [4.78, 5) is 2.70. The molecule has 4 nitrogen and oxygen atoms in total. The second-order valence-electron chi connectivity index (χ2n) is 7.31. The zero-order valence-corrected chi connectivity index (χ0v) is 17.4. The summed E-state index contributed by atoms with van der Waals surface area (Å²) in [6, 6.07) is 17.3. The minimum absolute atomic E-state index is 0.00132. The van der Waals surface area contributed by atoms with Gasteiger partial charge in [0.15, 0.2) is 0 Å². The zero-order chi connectivity index (χ0) is 19.4. The SMILES string of the molecule is C[C@@H]1CCC[C@@H](C)N1[C@H](CNS(=O)(=O)c1ccc(Cl)cc1)c1ccccc1. The summed E-state index contributed by atoms with van der Waals surface area (Å²) in [5, 5.41) is 0.520. The molecule has 1 fully saturated rings. The molecule has 146 valence electrons. The third-order valence-corrected chi connectivity index (χ3v) is 7.09. The van der Waals surface area contributed by atoms with E-state index in [9.17, 15) is 8.42 Å². The Hall–Kier alpha value is -1.40. The molecule has 0 spiro atoms. The van der Waals surface area contributed by atoms with Crippen molar-refractivity contribution in [1.29, 1.82) is 0 Å². The van der Waals surface area contributed by atoms with Crippen LogP contribution in [0.15, 0.2) is 59.5 Å². The molecule has 0 bridgehead atoms. The van der Waals surface area contributed by atoms with E-state index in [4.69, 9.17) is 11.6 Å². The maximum absolute atomic E-state index is 12.8. The molecule has 2 aromatic carbocycles. The summed E-state index contributed by atoms with van der Waals surface area (Å²) in [6.45, 7) is 4.81. The van der Waals surface area contributed by atoms with Crippen LogP contribution in [0.25, 0.3) is 0 Å². The standard InChI is InChI=1S/C21H27ClN2O2S/c1-16-7-6-8-17(2)24(16)21(18-9-4-3-5-10-18)15-23-27(25,26)20-13-11-19(22)12-14-20/h3-5,9-14,16-17,21,23H,6-8,15H2,1-2H3/t16-,17-,21-/m1/s1. The first kappa shape index (κ1) is 20.3. The van der Waals surface area contributed by atoms with Gasteiger partial charge in [-0.1, -0.05) is 48.4 Å². The number of hydrogen-bond acceptors (Lipinski definition) is 3. The van der Waals surface area contributed by atoms with Crippen molar-refractivity contribution in [2.24, 2.45) is 0 Å². The normalized spacial score (nSPS) is 22.5. The van der Waals surface area contributed by atoms with Crippen LogP contribution in [0.3, 0.4) is 0 Å². The minimum atomic E-state index is -3.59. The Balaban J connectivity index is 1.84. The van der Waals surface area contributed by atoms with Crippen molar-refractivity contribution in [2.45, 2.75) is 56.1 Å². The molecule has 0 unspecified atom stereocenters. The van der Waals surface area contributed by atoms with Crippen LogP contribution in [-0.2, 0) is 10.0 Å². The Morgan fingerprint density at radius 2 is 1.63 bits per heavy atom. The molecule has 27 heavy (non-hydrogen) atoms. The fourth-order valence-corrected chi connectivity index (χ4v) is 5.18. The lowest BCUT2D eigenvalue weighted by Gasteiger charge is -2.44. The first-order valence-electron chi connectivity index (χ1n) is 9.46. The van der Waals surface area contributed by atoms with Crippen LogP contribution in [0, 0.1) is 0 Å². The highest BCUT2D eigenvalue weighted by molar-refractivity contribution is 7.89. The summed E-state index contributed by atoms with van der Waals surface area (Å²) >= 11 is 5.88. The number of halogens is 1. The van der Waals surface area contributed by atoms with E-state index in [-0.39, 0.29) is 10.9 Å². The van der Waals surface area contributed by atoms with E-state index in [0.717, 1.165) is 18.4 Å². The molecule has 2 aromatic rings. The van der Waals surface area contributed by atoms with Gasteiger partial charge in [0.1, 0.15) is 0 Å². The molecular formula is C21H27ClN2O2S. The number of piperidine rings is 1. The smallest absolute Gasteiger partial charge is 0.240 e. The topological polar surface area (TPSA) is 49.4 Å². The molecule has 0 saturated carbocycles. The van der Waals surface area contributed by atoms with Gasteiger partial charge in [-0.2, -0.15) is 0 Å². The van der Waals surface area contributed by atoms with Crippen molar-refractivity contribution in [2.75, 3.05) is 6.54 Å². The van der Waals surface area contributed by atoms with E-state index < -0.39 is 10.0 Å². The zero-order valence-electron chi connectivity index (χ0n) is 15.8. The van der Waals surface area contributed by atoms with E-state index in [0.29, 0.717) is 23.7 Å². The Labute approximate surface area is 167 Å². The van der Waals surface area contributed by atoms with Gasteiger partial charge in [0.2, 0.25) is 10.0 Å². The first-order valence-corrected chi connectivity index (χ1v) is 11.3. The van der Waals surface area contributed by atoms with Crippen LogP contribution < -0.4 is 4.72 Å². The summed E-state index contributed by atoms with van der Waals surface area (Å²) in [6.07, 6.45) is 3.49. The Bertz CT molecular complexity index is 830. The molecule has 0 aliphatic carbocycles. The van der Waals surface area contributed by atoms with Gasteiger partial charge in [0, 0.05) is 29.7 Å². The van der Waals surface area contributed by atoms with Gasteiger partial charge in [-0.15, -0.1) is 0 Å². The number of benzene rings is 2. The summed E-state index contributed by atoms with van der Waals surface area (Å²) in [5.74, 6) is 0. The molecule has 1 aliphatic rings. The van der Waals surface area contributed by atoms with Crippen molar-refractivity contribution in [3.63, 3.8) is 0 Å². The second-order valence-corrected chi connectivity index (χ2v) is 9.51. The van der Waals surface area contributed by atoms with Crippen LogP contribution in [0.1, 0.15) is 44.7 Å². The van der Waals surface area contributed by atoms with Crippen LogP contribution in [0.4, 0.5) is 0 Å². The fraction of sp³-hybridized carbons (Fsp3) is 0.429. The number of hydrogen-bond donors (Lipinski definition) is 1. The van der Waals surface area contributed by atoms with Gasteiger partial charge in [-0.3, -0.25) is 4.90 Å². The highest BCUT2D eigenvalue weighted by Crippen LogP contribution is 2.32. The number of nitrogens with zero attached hydrogens (tertiary/aromatic N) is 1. The maximum Gasteiger partial charge on any atom is 0.240 e. The number of rotatable bonds is 6. The van der Waals surface area contributed by atoms with Crippen LogP contribution in [-0.4, -0.2) is 31.9 Å². The first-order chi connectivity index (χ1) is 12.9. The Morgan fingerprint density at radius 1 is 1.04 bits per heavy atom. The average molecular weight is 407 g/mol. The van der Waals surface area contributed by atoms with Crippen LogP contribution in [0.2, 0.25) is 5.02 Å². The van der Waals surface area contributed by atoms with Crippen molar-refractivity contribution in [3.05, 3.63) is 65.2 Å². The third kappa shape index (κ3) is 4.91. The largest absolute Gasteiger partial charge is 0.290 e. The molecule has 3 rings (SSSR count). The van der Waals surface area contributed by atoms with Gasteiger partial charge in [-0.05, 0) is 56.5 Å². The quantitative estimate of drug-likeness (QED) is 0.761. The maximum atomic E-state index is 12.8. The molecule has 1 N–H and O–H groups in total. The molecule has 1 saturated heterocycles. The van der Waals surface area contributed by atoms with Gasteiger partial charge in [-0.25, -0.2) is 13.1 Å². The number of likely N-dealkylation sites (tertiary alicyclic amines) is 1. The van der Waals surface area contributed by atoms with Crippen LogP contribution in [0.5, 0.6) is 0 Å². The molecule has 0 radical (unpaired) electrons. The molecule has 1 aliphatic heterocycles. The van der Waals surface area contributed by atoms with E-state index in [1.54, 1.807) is 12.1 Å². The van der Waals surface area contributed by atoms with E-state index >= 15 is 0 Å². The molecular weight excluding hydrogens is 380 g/mol. The predicted octanol–water partition coefficient (Wildman–Crippen LogP) is 4.62. The van der Waals surface area contributed by atoms with Gasteiger partial charge in [0.25, 0.3) is 0 Å². The lowest BCUT2D eigenvalue weighted by Crippen LogP contribution is -2.49. The average Bonchev–Trinajstić information content (AvgIpc) is 2.65. The van der Waals surface area contributed by atoms with Gasteiger partial charge in [0.05, 0.1) is 4.90 Å². The molecule has 0 aromatic heterocycles. The monoisotopic (exact) mass is 406 g/mol. The Kier molecular flexibility index (Phi) is 6.58. The summed E-state index contributed by atoms with van der Waals surface area (Å²) in [7, 11) is -3.59. The third-order valence-electron chi connectivity index (χ3n) is 5.40. The lowest BCUT2D eigenvalue weighted by molar-refractivity contribution is 0.0561. The Morgan fingerprint density at radius 3 is 2.22 bits per heavy atom. The van der Waals surface area contributed by atoms with Crippen molar-refractivity contribution in [1.82, 2.24) is 9.62 Å². The molecule has 6 heteroatoms. The highest BCUT2D eigenvalue weighted by atomic mass is 35.5. The summed E-state index contributed by atoms with van der Waals surface area (Å²) < 4.78 is 28.3. The van der Waals surface area contributed by atoms with E-state index in [1.807, 2.05) is 18.2 Å². The molecule has 0 amide bonds. The highest BCUT2D eigenvalue weighted by Gasteiger charge is 2.32. The van der Waals surface area contributed by atoms with E-state index in [1.165, 1.54) is 18.6 Å². The lowest BCUT2D eigenvalue weighted by atomic mass is 9.92.